The largest absolute Gasteiger partial charge is 0.300 e. The summed E-state index contributed by atoms with van der Waals surface area (Å²) in [6, 6.07) is 0.533. The molecule has 0 amide bonds. The van der Waals surface area contributed by atoms with E-state index >= 15 is 0 Å². The third-order valence-electron chi connectivity index (χ3n) is 3.01. The Kier molecular flexibility index (Phi) is 3.10. The SMILES string of the molecule is C=C(/C=C\C(=C/C)N=[N+]=[N-])C1CN[C@H]2N[C@@H]12. The number of rotatable bonds is 4. The van der Waals surface area contributed by atoms with E-state index in [9.17, 15) is 0 Å². The van der Waals surface area contributed by atoms with Gasteiger partial charge < -0.3 is 0 Å². The standard InChI is InChI=1S/C11H15N5/c1-3-8(15-16-12)5-4-7(2)9-6-13-11-10(9)14-11/h3-5,9-11,13-14H,2,6H2,1H3/b5-4-,8-3+/t9?,10-,11-/m0/s1. The van der Waals surface area contributed by atoms with E-state index < -0.39 is 0 Å². The summed E-state index contributed by atoms with van der Waals surface area (Å²) in [6.07, 6.45) is 5.99. The molecule has 3 atom stereocenters. The van der Waals surface area contributed by atoms with E-state index in [4.69, 9.17) is 5.53 Å². The maximum atomic E-state index is 8.33. The minimum Gasteiger partial charge on any atom is -0.300 e. The van der Waals surface area contributed by atoms with E-state index in [1.165, 1.54) is 0 Å². The molecule has 2 heterocycles. The Morgan fingerprint density at radius 3 is 2.88 bits per heavy atom. The lowest BCUT2D eigenvalue weighted by molar-refractivity contribution is 0.608. The lowest BCUT2D eigenvalue weighted by Crippen LogP contribution is -2.23. The summed E-state index contributed by atoms with van der Waals surface area (Å²) in [4.78, 5) is 2.76. The van der Waals surface area contributed by atoms with Crippen molar-refractivity contribution >= 4 is 0 Å². The Morgan fingerprint density at radius 2 is 2.38 bits per heavy atom. The van der Waals surface area contributed by atoms with Crippen molar-refractivity contribution in [1.82, 2.24) is 10.6 Å². The van der Waals surface area contributed by atoms with Crippen LogP contribution in [0.15, 0.2) is 41.2 Å². The molecule has 0 aromatic carbocycles. The molecular weight excluding hydrogens is 202 g/mol. The lowest BCUT2D eigenvalue weighted by Gasteiger charge is -2.10. The van der Waals surface area contributed by atoms with Crippen LogP contribution >= 0.6 is 0 Å². The van der Waals surface area contributed by atoms with Crippen molar-refractivity contribution in [2.75, 3.05) is 6.54 Å². The van der Waals surface area contributed by atoms with E-state index in [1.807, 2.05) is 13.0 Å². The fourth-order valence-electron chi connectivity index (χ4n) is 1.98. The molecule has 0 aromatic rings. The molecule has 0 spiro atoms. The Hall–Kier alpha value is -1.55. The first-order valence-electron chi connectivity index (χ1n) is 5.34. The van der Waals surface area contributed by atoms with Crippen LogP contribution in [0.1, 0.15) is 6.92 Å². The topological polar surface area (TPSA) is 82.7 Å². The zero-order valence-electron chi connectivity index (χ0n) is 9.22. The average molecular weight is 217 g/mol. The Balaban J connectivity index is 1.96. The van der Waals surface area contributed by atoms with Gasteiger partial charge in [0.2, 0.25) is 0 Å². The van der Waals surface area contributed by atoms with E-state index in [-0.39, 0.29) is 0 Å². The second kappa shape index (κ2) is 4.53. The third kappa shape index (κ3) is 2.17. The van der Waals surface area contributed by atoms with Gasteiger partial charge >= 0.3 is 0 Å². The molecule has 5 heteroatoms. The molecule has 5 nitrogen and oxygen atoms in total. The first-order chi connectivity index (χ1) is 7.76. The number of fused-ring (bicyclic) bond motifs is 1. The minimum absolute atomic E-state index is 0.449. The first kappa shape index (κ1) is 11.0. The summed E-state index contributed by atoms with van der Waals surface area (Å²) in [5.74, 6) is 0.449. The molecule has 2 aliphatic rings. The van der Waals surface area contributed by atoms with E-state index in [0.29, 0.717) is 23.8 Å². The average Bonchev–Trinajstić information content (AvgIpc) is 2.95. The summed E-state index contributed by atoms with van der Waals surface area (Å²) in [5, 5.41) is 10.2. The van der Waals surface area contributed by atoms with Crippen molar-refractivity contribution in [3.8, 4) is 0 Å². The second-order valence-electron chi connectivity index (χ2n) is 4.00. The van der Waals surface area contributed by atoms with Gasteiger partial charge in [0.25, 0.3) is 0 Å². The molecule has 16 heavy (non-hydrogen) atoms. The predicted molar refractivity (Wildman–Crippen MR) is 63.4 cm³/mol. The fraction of sp³-hybridized carbons (Fsp3) is 0.455. The van der Waals surface area contributed by atoms with Gasteiger partial charge in [0.15, 0.2) is 0 Å². The number of hydrogen-bond donors (Lipinski definition) is 2. The smallest absolute Gasteiger partial charge is 0.0740 e. The summed E-state index contributed by atoms with van der Waals surface area (Å²) in [5.41, 5.74) is 10.0. The van der Waals surface area contributed by atoms with Crippen molar-refractivity contribution in [2.45, 2.75) is 19.1 Å². The normalized spacial score (nSPS) is 32.3. The fourth-order valence-corrected chi connectivity index (χ4v) is 1.98. The maximum Gasteiger partial charge on any atom is 0.0740 e. The Labute approximate surface area is 94.5 Å². The van der Waals surface area contributed by atoms with E-state index in [0.717, 1.165) is 12.1 Å². The maximum absolute atomic E-state index is 8.33. The van der Waals surface area contributed by atoms with Crippen LogP contribution in [0.25, 0.3) is 10.4 Å². The van der Waals surface area contributed by atoms with Crippen LogP contribution in [0.5, 0.6) is 0 Å². The number of nitrogens with one attached hydrogen (secondary N) is 2. The Morgan fingerprint density at radius 1 is 1.56 bits per heavy atom. The van der Waals surface area contributed by atoms with Gasteiger partial charge in [-0.25, -0.2) is 0 Å². The van der Waals surface area contributed by atoms with Gasteiger partial charge in [-0.15, -0.1) is 0 Å². The minimum atomic E-state index is 0.449. The molecule has 0 radical (unpaired) electrons. The molecule has 0 aliphatic carbocycles. The van der Waals surface area contributed by atoms with Gasteiger partial charge in [-0.3, -0.25) is 10.6 Å². The van der Waals surface area contributed by atoms with Gasteiger partial charge in [-0.05, 0) is 18.0 Å². The quantitative estimate of drug-likeness (QED) is 0.247. The highest BCUT2D eigenvalue weighted by molar-refractivity contribution is 5.31. The zero-order valence-corrected chi connectivity index (χ0v) is 9.22. The number of allylic oxidation sites excluding steroid dienone is 3. The third-order valence-corrected chi connectivity index (χ3v) is 3.01. The summed E-state index contributed by atoms with van der Waals surface area (Å²) in [6.45, 7) is 6.86. The van der Waals surface area contributed by atoms with Crippen LogP contribution in [0.3, 0.4) is 0 Å². The van der Waals surface area contributed by atoms with Crippen LogP contribution < -0.4 is 10.6 Å². The second-order valence-corrected chi connectivity index (χ2v) is 4.00. The lowest BCUT2D eigenvalue weighted by atomic mass is 9.98. The Bertz CT molecular complexity index is 403. The molecule has 0 aromatic heterocycles. The predicted octanol–water partition coefficient (Wildman–Crippen LogP) is 1.83. The molecule has 2 aliphatic heterocycles. The molecule has 2 N–H and O–H groups in total. The molecule has 2 rings (SSSR count). The van der Waals surface area contributed by atoms with E-state index in [2.05, 4.69) is 27.2 Å². The van der Waals surface area contributed by atoms with E-state index in [1.54, 1.807) is 12.2 Å². The number of azide groups is 1. The van der Waals surface area contributed by atoms with Crippen molar-refractivity contribution in [2.24, 2.45) is 11.0 Å². The van der Waals surface area contributed by atoms with Crippen LogP contribution in [-0.2, 0) is 0 Å². The molecule has 1 unspecified atom stereocenters. The molecular formula is C11H15N5. The number of hydrogen-bond acceptors (Lipinski definition) is 3. The molecule has 84 valence electrons. The van der Waals surface area contributed by atoms with Gasteiger partial charge in [0.05, 0.1) is 6.17 Å². The van der Waals surface area contributed by atoms with Crippen molar-refractivity contribution in [3.05, 3.63) is 46.5 Å². The first-order valence-corrected chi connectivity index (χ1v) is 5.34. The molecule has 2 fully saturated rings. The molecule has 0 saturated carbocycles. The molecule has 0 bridgehead atoms. The van der Waals surface area contributed by atoms with Crippen molar-refractivity contribution < 1.29 is 0 Å². The van der Waals surface area contributed by atoms with Crippen molar-refractivity contribution in [1.29, 1.82) is 0 Å². The van der Waals surface area contributed by atoms with Crippen LogP contribution in [0.4, 0.5) is 0 Å². The summed E-state index contributed by atoms with van der Waals surface area (Å²) >= 11 is 0. The van der Waals surface area contributed by atoms with Gasteiger partial charge in [-0.1, -0.05) is 29.9 Å². The van der Waals surface area contributed by atoms with Gasteiger partial charge in [-0.2, -0.15) is 0 Å². The van der Waals surface area contributed by atoms with Gasteiger partial charge in [0, 0.05) is 29.1 Å². The van der Waals surface area contributed by atoms with Crippen LogP contribution in [-0.4, -0.2) is 18.8 Å². The highest BCUT2D eigenvalue weighted by Gasteiger charge is 2.48. The highest BCUT2D eigenvalue weighted by Crippen LogP contribution is 2.30. The zero-order chi connectivity index (χ0) is 11.5. The van der Waals surface area contributed by atoms with Gasteiger partial charge in [0.1, 0.15) is 0 Å². The summed E-state index contributed by atoms with van der Waals surface area (Å²) < 4.78 is 0. The highest BCUT2D eigenvalue weighted by atomic mass is 15.3. The monoisotopic (exact) mass is 217 g/mol. The van der Waals surface area contributed by atoms with Crippen LogP contribution in [0.2, 0.25) is 0 Å². The van der Waals surface area contributed by atoms with Crippen molar-refractivity contribution in [3.63, 3.8) is 0 Å². The van der Waals surface area contributed by atoms with Crippen LogP contribution in [0, 0.1) is 5.92 Å². The molecule has 2 saturated heterocycles. The number of nitrogens with zero attached hydrogens (tertiary/aromatic N) is 3. The summed E-state index contributed by atoms with van der Waals surface area (Å²) in [7, 11) is 0.